The van der Waals surface area contributed by atoms with Gasteiger partial charge < -0.3 is 30.3 Å². The van der Waals surface area contributed by atoms with E-state index in [0.717, 1.165) is 16.2 Å². The first-order valence-electron chi connectivity index (χ1n) is 5.57. The van der Waals surface area contributed by atoms with Gasteiger partial charge in [0, 0.05) is 0 Å². The topological polar surface area (TPSA) is 118 Å². The Hall–Kier alpha value is -0.286. The van der Waals surface area contributed by atoms with Gasteiger partial charge in [0.15, 0.2) is 0 Å². The van der Waals surface area contributed by atoms with E-state index in [1.807, 2.05) is 6.92 Å². The van der Waals surface area contributed by atoms with Crippen molar-refractivity contribution in [2.75, 3.05) is 13.1 Å². The summed E-state index contributed by atoms with van der Waals surface area (Å²) in [5.74, 6) is -1.43. The Morgan fingerprint density at radius 1 is 1.43 bits per heavy atom. The molecule has 0 saturated heterocycles. The third-order valence-corrected chi connectivity index (χ3v) is 4.06. The van der Waals surface area contributed by atoms with Crippen LogP contribution in [0.5, 0.6) is 0 Å². The van der Waals surface area contributed by atoms with E-state index in [1.165, 1.54) is 0 Å². The fourth-order valence-corrected chi connectivity index (χ4v) is 2.52. The molecule has 0 aliphatic carbocycles. The van der Waals surface area contributed by atoms with E-state index >= 15 is 0 Å². The number of amides is 1. The average Bonchev–Trinajstić information content (AvgIpc) is 2.91. The van der Waals surface area contributed by atoms with Crippen molar-refractivity contribution in [1.82, 2.24) is 9.79 Å². The van der Waals surface area contributed by atoms with Crippen LogP contribution >= 0.6 is 0 Å². The molecular formula is C10H18N3O6SY. The van der Waals surface area contributed by atoms with Gasteiger partial charge in [0.05, 0.1) is 0 Å². The van der Waals surface area contributed by atoms with Crippen molar-refractivity contribution >= 4 is 22.3 Å². The van der Waals surface area contributed by atoms with Crippen LogP contribution < -0.4 is 5.48 Å². The molecule has 0 aromatic rings. The quantitative estimate of drug-likeness (QED) is 0.373. The van der Waals surface area contributed by atoms with Gasteiger partial charge in [-0.3, -0.25) is 14.3 Å². The predicted molar refractivity (Wildman–Crippen MR) is 70.2 cm³/mol. The third-order valence-electron chi connectivity index (χ3n) is 1.98. The number of nitrogens with one attached hydrogen (secondary N) is 1. The van der Waals surface area contributed by atoms with Crippen molar-refractivity contribution in [3.8, 4) is 0 Å². The number of ether oxygens (including phenoxy) is 1. The zero-order valence-electron chi connectivity index (χ0n) is 11.7. The molecule has 0 spiro atoms. The van der Waals surface area contributed by atoms with E-state index in [4.69, 9.17) is 5.21 Å². The smallest absolute Gasteiger partial charge is 0.416 e. The molecule has 11 heteroatoms. The molecule has 0 saturated carbocycles. The normalized spacial score (nSPS) is 19.7. The number of carbonyl (C=O) groups excluding carboxylic acids is 1. The molecule has 1 aliphatic rings. The zero-order valence-corrected chi connectivity index (χ0v) is 15.3. The molecule has 21 heavy (non-hydrogen) atoms. The number of hydrogen-bond acceptors (Lipinski definition) is 7. The van der Waals surface area contributed by atoms with Crippen LogP contribution in [0.3, 0.4) is 0 Å². The standard InChI is InChI=1S/C7H11N3O6S.C3H7.Y/c1-3-10(4-2)17(13,14)7(6(11)9-12)15-5-8-16-7;1-3-2;/h5,12H,1-4H2,(H,9,11);1,3H2,2H3;/q-2;-1;+3. The molecule has 0 fully saturated rings. The second-order valence-corrected chi connectivity index (χ2v) is 5.33. The first-order chi connectivity index (χ1) is 9.37. The van der Waals surface area contributed by atoms with Crippen LogP contribution in [0.15, 0.2) is 5.16 Å². The molecule has 1 heterocycles. The average molecular weight is 397 g/mol. The van der Waals surface area contributed by atoms with Crippen molar-refractivity contribution in [2.45, 2.75) is 18.5 Å². The Balaban J connectivity index is 0. The zero-order chi connectivity index (χ0) is 15.8. The third kappa shape index (κ3) is 4.85. The van der Waals surface area contributed by atoms with Crippen LogP contribution in [0.2, 0.25) is 0 Å². The fourth-order valence-electron chi connectivity index (χ4n) is 1.11. The summed E-state index contributed by atoms with van der Waals surface area (Å²) in [6.07, 6.45) is 1.64. The molecule has 0 aromatic heterocycles. The first kappa shape index (κ1) is 23.0. The maximum Gasteiger partial charge on any atom is 3.00 e. The Morgan fingerprint density at radius 2 is 1.90 bits per heavy atom. The van der Waals surface area contributed by atoms with Gasteiger partial charge in [-0.25, -0.2) is 13.9 Å². The summed E-state index contributed by atoms with van der Waals surface area (Å²) in [5, 5.41) is 8.80. The Morgan fingerprint density at radius 3 is 2.19 bits per heavy atom. The van der Waals surface area contributed by atoms with Crippen LogP contribution in [0.4, 0.5) is 0 Å². The van der Waals surface area contributed by atoms with Crippen molar-refractivity contribution in [1.29, 1.82) is 0 Å². The van der Waals surface area contributed by atoms with E-state index in [9.17, 15) is 13.2 Å². The van der Waals surface area contributed by atoms with E-state index in [2.05, 4.69) is 35.5 Å². The summed E-state index contributed by atoms with van der Waals surface area (Å²) in [6, 6.07) is 0. The summed E-state index contributed by atoms with van der Waals surface area (Å²) in [7, 11) is -4.41. The second-order valence-electron chi connectivity index (χ2n) is 3.32. The van der Waals surface area contributed by atoms with Gasteiger partial charge in [-0.1, -0.05) is 6.92 Å². The SMILES string of the molecule is [CH2-]CC.[CH2-]CN(C[CH2-])S(=O)(=O)C1(C(=O)NO)OC=NO1.[Y+3]. The molecule has 1 rings (SSSR count). The summed E-state index contributed by atoms with van der Waals surface area (Å²) in [4.78, 5) is 15.8. The number of rotatable bonds is 5. The minimum Gasteiger partial charge on any atom is -0.416 e. The van der Waals surface area contributed by atoms with E-state index in [-0.39, 0.29) is 45.8 Å². The molecule has 2 N–H and O–H groups in total. The molecule has 1 aliphatic heterocycles. The van der Waals surface area contributed by atoms with Gasteiger partial charge in [0.25, 0.3) is 0 Å². The minimum atomic E-state index is -4.41. The number of nitrogens with zero attached hydrogens (tertiary/aromatic N) is 2. The summed E-state index contributed by atoms with van der Waals surface area (Å²) < 4.78 is 29.4. The fraction of sp³-hybridized carbons (Fsp3) is 0.500. The van der Waals surface area contributed by atoms with E-state index in [0.29, 0.717) is 6.40 Å². The summed E-state index contributed by atoms with van der Waals surface area (Å²) >= 11 is 0. The second kappa shape index (κ2) is 10.4. The van der Waals surface area contributed by atoms with Gasteiger partial charge in [-0.05, 0) is 5.16 Å². The van der Waals surface area contributed by atoms with Crippen molar-refractivity contribution < 1.29 is 60.7 Å². The molecule has 0 bridgehead atoms. The number of oxime groups is 1. The first-order valence-corrected chi connectivity index (χ1v) is 7.01. The molecule has 1 unspecified atom stereocenters. The van der Waals surface area contributed by atoms with Crippen LogP contribution in [0.25, 0.3) is 0 Å². The van der Waals surface area contributed by atoms with Gasteiger partial charge in [-0.15, -0.1) is 13.1 Å². The number of hydroxylamine groups is 1. The number of sulfonamides is 1. The monoisotopic (exact) mass is 397 g/mol. The summed E-state index contributed by atoms with van der Waals surface area (Å²) in [5.41, 5.74) is 1.14. The molecular weight excluding hydrogens is 379 g/mol. The van der Waals surface area contributed by atoms with Crippen LogP contribution in [-0.2, 0) is 57.1 Å². The molecule has 1 atom stereocenters. The molecule has 0 radical (unpaired) electrons. The number of carbonyl (C=O) groups is 1. The van der Waals surface area contributed by atoms with E-state index in [1.54, 1.807) is 0 Å². The molecule has 0 aromatic carbocycles. The van der Waals surface area contributed by atoms with Crippen molar-refractivity contribution in [3.63, 3.8) is 0 Å². The maximum atomic E-state index is 12.1. The minimum absolute atomic E-state index is 0. The van der Waals surface area contributed by atoms with Crippen LogP contribution in [-0.4, -0.2) is 48.4 Å². The van der Waals surface area contributed by atoms with E-state index < -0.39 is 21.0 Å². The largest absolute Gasteiger partial charge is 3.00 e. The maximum absolute atomic E-state index is 12.1. The van der Waals surface area contributed by atoms with Crippen molar-refractivity contribution in [3.05, 3.63) is 20.8 Å². The Kier molecular flexibility index (Phi) is 11.4. The predicted octanol–water partition coefficient (Wildman–Crippen LogP) is -0.336. The van der Waals surface area contributed by atoms with Crippen LogP contribution in [0.1, 0.15) is 13.3 Å². The van der Waals surface area contributed by atoms with Gasteiger partial charge in [0.1, 0.15) is 0 Å². The molecule has 9 nitrogen and oxygen atoms in total. The van der Waals surface area contributed by atoms with Gasteiger partial charge in [0.2, 0.25) is 6.40 Å². The Labute approximate surface area is 149 Å². The van der Waals surface area contributed by atoms with Crippen molar-refractivity contribution in [2.24, 2.45) is 5.16 Å². The Bertz CT molecular complexity index is 430. The summed E-state index contributed by atoms with van der Waals surface area (Å²) in [6.45, 7) is 11.9. The van der Waals surface area contributed by atoms with Gasteiger partial charge in [-0.2, -0.15) is 6.42 Å². The van der Waals surface area contributed by atoms with Gasteiger partial charge >= 0.3 is 53.8 Å². The molecule has 118 valence electrons. The number of hydrogen-bond donors (Lipinski definition) is 2. The van der Waals surface area contributed by atoms with Crippen LogP contribution in [0, 0.1) is 20.8 Å². The molecule has 1 amide bonds.